The first-order valence-electron chi connectivity index (χ1n) is 4.61. The van der Waals surface area contributed by atoms with E-state index in [1.54, 1.807) is 0 Å². The van der Waals surface area contributed by atoms with Crippen LogP contribution in [0.25, 0.3) is 0 Å². The van der Waals surface area contributed by atoms with E-state index in [2.05, 4.69) is 19.7 Å². The van der Waals surface area contributed by atoms with Gasteiger partial charge in [0.2, 0.25) is 5.95 Å². The van der Waals surface area contributed by atoms with Crippen LogP contribution in [-0.4, -0.2) is 23.4 Å². The van der Waals surface area contributed by atoms with Gasteiger partial charge in [-0.3, -0.25) is 0 Å². The summed E-state index contributed by atoms with van der Waals surface area (Å²) in [6, 6.07) is 4.21. The fourth-order valence-corrected chi connectivity index (χ4v) is 2.67. The standard InChI is InChI=1S/C9H6Cl2N4O2S/c10-7-3-5-13-9(14-7)15-18(16,17)6-2-1-4-12-8(6)11/h1-5H,(H,13,14,15). The molecule has 9 heteroatoms. The average molecular weight is 305 g/mol. The van der Waals surface area contributed by atoms with Gasteiger partial charge in [-0.05, 0) is 18.2 Å². The van der Waals surface area contributed by atoms with Gasteiger partial charge in [-0.25, -0.2) is 28.1 Å². The maximum Gasteiger partial charge on any atom is 0.267 e. The second-order valence-electron chi connectivity index (χ2n) is 3.10. The van der Waals surface area contributed by atoms with Crippen LogP contribution >= 0.6 is 23.2 Å². The molecule has 0 saturated heterocycles. The summed E-state index contributed by atoms with van der Waals surface area (Å²) in [6.45, 7) is 0. The third kappa shape index (κ3) is 2.87. The monoisotopic (exact) mass is 304 g/mol. The Bertz CT molecular complexity index is 678. The van der Waals surface area contributed by atoms with E-state index >= 15 is 0 Å². The average Bonchev–Trinajstić information content (AvgIpc) is 2.28. The van der Waals surface area contributed by atoms with Crippen LogP contribution in [0.2, 0.25) is 10.3 Å². The van der Waals surface area contributed by atoms with Crippen LogP contribution in [0.1, 0.15) is 0 Å². The molecule has 2 rings (SSSR count). The Morgan fingerprint density at radius 1 is 1.11 bits per heavy atom. The van der Waals surface area contributed by atoms with E-state index in [0.717, 1.165) is 0 Å². The first-order valence-corrected chi connectivity index (χ1v) is 6.85. The Labute approximate surface area is 113 Å². The van der Waals surface area contributed by atoms with Gasteiger partial charge in [0.15, 0.2) is 0 Å². The van der Waals surface area contributed by atoms with Gasteiger partial charge in [0, 0.05) is 12.4 Å². The van der Waals surface area contributed by atoms with Crippen molar-refractivity contribution < 1.29 is 8.42 Å². The summed E-state index contributed by atoms with van der Waals surface area (Å²) in [6.07, 6.45) is 2.72. The Morgan fingerprint density at radius 3 is 2.56 bits per heavy atom. The molecule has 0 amide bonds. The minimum Gasteiger partial charge on any atom is -0.247 e. The van der Waals surface area contributed by atoms with E-state index in [1.807, 2.05) is 0 Å². The summed E-state index contributed by atoms with van der Waals surface area (Å²) < 4.78 is 26.1. The van der Waals surface area contributed by atoms with Crippen LogP contribution in [0.5, 0.6) is 0 Å². The summed E-state index contributed by atoms with van der Waals surface area (Å²) in [5.41, 5.74) is 0. The van der Waals surface area contributed by atoms with Gasteiger partial charge in [0.05, 0.1) is 0 Å². The highest BCUT2D eigenvalue weighted by molar-refractivity contribution is 7.92. The number of halogens is 2. The second kappa shape index (κ2) is 5.05. The molecule has 2 aromatic rings. The number of nitrogens with one attached hydrogen (secondary N) is 1. The number of aromatic nitrogens is 3. The molecule has 0 spiro atoms. The molecule has 1 N–H and O–H groups in total. The number of hydrogen-bond acceptors (Lipinski definition) is 5. The fourth-order valence-electron chi connectivity index (χ4n) is 1.13. The minimum absolute atomic E-state index is 0.125. The Hall–Kier alpha value is -1.44. The maximum atomic E-state index is 12.0. The predicted octanol–water partition coefficient (Wildman–Crippen LogP) is 1.98. The number of nitrogens with zero attached hydrogens (tertiary/aromatic N) is 3. The molecule has 0 aliphatic heterocycles. The van der Waals surface area contributed by atoms with Crippen molar-refractivity contribution >= 4 is 39.2 Å². The largest absolute Gasteiger partial charge is 0.267 e. The van der Waals surface area contributed by atoms with Crippen LogP contribution < -0.4 is 4.72 Å². The second-order valence-corrected chi connectivity index (χ2v) is 5.50. The summed E-state index contributed by atoms with van der Waals surface area (Å²) in [5.74, 6) is -0.137. The van der Waals surface area contributed by atoms with Crippen LogP contribution in [-0.2, 0) is 10.0 Å². The van der Waals surface area contributed by atoms with E-state index in [4.69, 9.17) is 23.2 Å². The molecule has 94 valence electrons. The molecule has 0 unspecified atom stereocenters. The van der Waals surface area contributed by atoms with Crippen LogP contribution in [0, 0.1) is 0 Å². The van der Waals surface area contributed by atoms with Gasteiger partial charge in [-0.15, -0.1) is 0 Å². The number of pyridine rings is 1. The Morgan fingerprint density at radius 2 is 1.89 bits per heavy atom. The molecule has 0 aliphatic rings. The summed E-state index contributed by atoms with van der Waals surface area (Å²) >= 11 is 11.3. The quantitative estimate of drug-likeness (QED) is 0.692. The molecular formula is C9H6Cl2N4O2S. The van der Waals surface area contributed by atoms with Crippen molar-refractivity contribution in [1.29, 1.82) is 0 Å². The van der Waals surface area contributed by atoms with Gasteiger partial charge < -0.3 is 0 Å². The number of rotatable bonds is 3. The molecule has 0 aromatic carbocycles. The molecular weight excluding hydrogens is 299 g/mol. The third-order valence-electron chi connectivity index (χ3n) is 1.86. The Kier molecular flexibility index (Phi) is 3.65. The lowest BCUT2D eigenvalue weighted by molar-refractivity contribution is 0.600. The third-order valence-corrected chi connectivity index (χ3v) is 3.85. The first-order chi connectivity index (χ1) is 8.49. The lowest BCUT2D eigenvalue weighted by Gasteiger charge is -2.07. The van der Waals surface area contributed by atoms with Gasteiger partial charge in [0.25, 0.3) is 10.0 Å². The zero-order valence-electron chi connectivity index (χ0n) is 8.71. The molecule has 0 fully saturated rings. The van der Waals surface area contributed by atoms with Crippen molar-refractivity contribution in [2.75, 3.05) is 4.72 Å². The van der Waals surface area contributed by atoms with Gasteiger partial charge in [-0.2, -0.15) is 0 Å². The fraction of sp³-hybridized carbons (Fsp3) is 0. The highest BCUT2D eigenvalue weighted by atomic mass is 35.5. The zero-order valence-corrected chi connectivity index (χ0v) is 11.0. The molecule has 18 heavy (non-hydrogen) atoms. The molecule has 2 aromatic heterocycles. The van der Waals surface area contributed by atoms with Crippen LogP contribution in [0.3, 0.4) is 0 Å². The topological polar surface area (TPSA) is 84.8 Å². The summed E-state index contributed by atoms with van der Waals surface area (Å²) in [4.78, 5) is 11.0. The van der Waals surface area contributed by atoms with Crippen molar-refractivity contribution in [3.63, 3.8) is 0 Å². The van der Waals surface area contributed by atoms with Crippen molar-refractivity contribution in [2.24, 2.45) is 0 Å². The van der Waals surface area contributed by atoms with E-state index in [9.17, 15) is 8.42 Å². The van der Waals surface area contributed by atoms with E-state index < -0.39 is 10.0 Å². The number of hydrogen-bond donors (Lipinski definition) is 1. The van der Waals surface area contributed by atoms with E-state index in [1.165, 1.54) is 30.6 Å². The summed E-state index contributed by atoms with van der Waals surface area (Å²) in [5, 5.41) is -0.00740. The van der Waals surface area contributed by atoms with Crippen molar-refractivity contribution in [2.45, 2.75) is 4.90 Å². The van der Waals surface area contributed by atoms with E-state index in [-0.39, 0.29) is 21.2 Å². The van der Waals surface area contributed by atoms with Crippen molar-refractivity contribution in [1.82, 2.24) is 15.0 Å². The lowest BCUT2D eigenvalue weighted by Crippen LogP contribution is -2.15. The summed E-state index contributed by atoms with van der Waals surface area (Å²) in [7, 11) is -3.89. The van der Waals surface area contributed by atoms with Crippen molar-refractivity contribution in [3.05, 3.63) is 40.9 Å². The SMILES string of the molecule is O=S(=O)(Nc1nccc(Cl)n1)c1cccnc1Cl. The van der Waals surface area contributed by atoms with Gasteiger partial charge in [0.1, 0.15) is 15.2 Å². The van der Waals surface area contributed by atoms with Gasteiger partial charge >= 0.3 is 0 Å². The predicted molar refractivity (Wildman–Crippen MR) is 67.1 cm³/mol. The molecule has 0 radical (unpaired) electrons. The molecule has 0 atom stereocenters. The highest BCUT2D eigenvalue weighted by Crippen LogP contribution is 2.20. The van der Waals surface area contributed by atoms with Crippen LogP contribution in [0.15, 0.2) is 35.5 Å². The normalized spacial score (nSPS) is 11.2. The minimum atomic E-state index is -3.89. The molecule has 6 nitrogen and oxygen atoms in total. The Balaban J connectivity index is 2.37. The van der Waals surface area contributed by atoms with E-state index in [0.29, 0.717) is 0 Å². The lowest BCUT2D eigenvalue weighted by atomic mass is 10.5. The first kappa shape index (κ1) is 13.0. The number of anilines is 1. The molecule has 0 saturated carbocycles. The smallest absolute Gasteiger partial charge is 0.247 e. The van der Waals surface area contributed by atoms with Crippen LogP contribution in [0.4, 0.5) is 5.95 Å². The zero-order chi connectivity index (χ0) is 13.2. The molecule has 2 heterocycles. The van der Waals surface area contributed by atoms with Gasteiger partial charge in [-0.1, -0.05) is 23.2 Å². The molecule has 0 bridgehead atoms. The maximum absolute atomic E-state index is 12.0. The highest BCUT2D eigenvalue weighted by Gasteiger charge is 2.19. The van der Waals surface area contributed by atoms with Crippen molar-refractivity contribution in [3.8, 4) is 0 Å². The molecule has 0 aliphatic carbocycles. The number of sulfonamides is 1.